The lowest BCUT2D eigenvalue weighted by Crippen LogP contribution is -2.58. The zero-order valence-electron chi connectivity index (χ0n) is 22.8. The molecule has 3 aliphatic rings. The van der Waals surface area contributed by atoms with Crippen molar-refractivity contribution in [3.05, 3.63) is 55.6 Å². The largest absolute Gasteiger partial charge is 0.394 e. The highest BCUT2D eigenvalue weighted by Gasteiger charge is 2.78. The van der Waals surface area contributed by atoms with Gasteiger partial charge in [0.1, 0.15) is 11.6 Å². The molecule has 2 unspecified atom stereocenters. The number of benzene rings is 1. The van der Waals surface area contributed by atoms with Crippen molar-refractivity contribution in [1.82, 2.24) is 9.80 Å². The van der Waals surface area contributed by atoms with Crippen molar-refractivity contribution in [3.63, 3.8) is 0 Å². The lowest BCUT2D eigenvalue weighted by Gasteiger charge is -2.38. The van der Waals surface area contributed by atoms with Crippen LogP contribution < -0.4 is 4.90 Å². The quantitative estimate of drug-likeness (QED) is 0.425. The van der Waals surface area contributed by atoms with Crippen LogP contribution in [0.15, 0.2) is 55.6 Å². The Morgan fingerprint density at radius 3 is 2.47 bits per heavy atom. The minimum absolute atomic E-state index is 0.210. The number of hydrogen-bond donors (Lipinski definition) is 1. The molecule has 0 aromatic heterocycles. The van der Waals surface area contributed by atoms with Crippen molar-refractivity contribution in [2.75, 3.05) is 31.1 Å². The highest BCUT2D eigenvalue weighted by molar-refractivity contribution is 6.03. The molecule has 3 fully saturated rings. The summed E-state index contributed by atoms with van der Waals surface area (Å²) in [5.41, 5.74) is -1.30. The molecule has 1 N–H and O–H groups in total. The lowest BCUT2D eigenvalue weighted by molar-refractivity contribution is -0.154. The highest BCUT2D eigenvalue weighted by Crippen LogP contribution is 2.64. The number of rotatable bonds is 12. The first kappa shape index (κ1) is 28.0. The molecule has 1 aromatic carbocycles. The minimum atomic E-state index is -1.13. The molecule has 3 heterocycles. The van der Waals surface area contributed by atoms with Crippen LogP contribution in [0.25, 0.3) is 0 Å². The first-order valence-electron chi connectivity index (χ1n) is 13.7. The standard InChI is InChI=1S/C30H41N3O5/c1-6-9-19-31(17-7-2)28(37)25-30-16-15-29(5,38-30)23(24(30)27(36)33(25)21(4)20-34)26(35)32(18-8-3)22-13-11-10-12-14-22/h7-8,10-14,21,23-25,34H,2-3,6,9,15-20H2,1,4-5H3/t21-,23-,24+,25?,29+,30?/m1/s1. The second-order valence-electron chi connectivity index (χ2n) is 11.0. The molecule has 1 aromatic rings. The number of carbonyl (C=O) groups is 3. The fourth-order valence-electron chi connectivity index (χ4n) is 6.78. The van der Waals surface area contributed by atoms with E-state index >= 15 is 0 Å². The predicted octanol–water partition coefficient (Wildman–Crippen LogP) is 3.17. The Bertz CT molecular complexity index is 1080. The number of ether oxygens (including phenoxy) is 1. The van der Waals surface area contributed by atoms with Crippen molar-refractivity contribution in [3.8, 4) is 0 Å². The van der Waals surface area contributed by atoms with E-state index in [0.717, 1.165) is 12.8 Å². The third-order valence-corrected chi connectivity index (χ3v) is 8.54. The summed E-state index contributed by atoms with van der Waals surface area (Å²) in [4.78, 5) is 47.6. The van der Waals surface area contributed by atoms with Crippen LogP contribution in [0, 0.1) is 11.8 Å². The maximum atomic E-state index is 14.3. The van der Waals surface area contributed by atoms with Crippen molar-refractivity contribution in [1.29, 1.82) is 0 Å². The van der Waals surface area contributed by atoms with Crippen LogP contribution in [0.4, 0.5) is 5.69 Å². The summed E-state index contributed by atoms with van der Waals surface area (Å²) in [5, 5.41) is 10.1. The van der Waals surface area contributed by atoms with Crippen LogP contribution in [0.3, 0.4) is 0 Å². The fourth-order valence-corrected chi connectivity index (χ4v) is 6.78. The SMILES string of the molecule is C=CCN(CCCC)C(=O)C1N([C@H](C)CO)C(=O)[C@@H]2[C@H](C(=O)N(CC=C)c3ccccc3)[C@]3(C)CCC12O3. The van der Waals surface area contributed by atoms with Gasteiger partial charge in [0, 0.05) is 25.3 Å². The van der Waals surface area contributed by atoms with E-state index in [4.69, 9.17) is 4.74 Å². The number of hydrogen-bond acceptors (Lipinski definition) is 5. The van der Waals surface area contributed by atoms with Crippen LogP contribution in [0.1, 0.15) is 46.5 Å². The Kier molecular flexibility index (Phi) is 8.14. The summed E-state index contributed by atoms with van der Waals surface area (Å²) in [6.07, 6.45) is 6.15. The van der Waals surface area contributed by atoms with Gasteiger partial charge in [-0.25, -0.2) is 0 Å². The van der Waals surface area contributed by atoms with Crippen molar-refractivity contribution >= 4 is 23.4 Å². The van der Waals surface area contributed by atoms with Gasteiger partial charge >= 0.3 is 0 Å². The van der Waals surface area contributed by atoms with E-state index in [9.17, 15) is 19.5 Å². The van der Waals surface area contributed by atoms with Crippen LogP contribution in [0.2, 0.25) is 0 Å². The van der Waals surface area contributed by atoms with Gasteiger partial charge in [-0.3, -0.25) is 14.4 Å². The second-order valence-corrected chi connectivity index (χ2v) is 11.0. The molecular formula is C30H41N3O5. The Morgan fingerprint density at radius 2 is 1.87 bits per heavy atom. The van der Waals surface area contributed by atoms with Gasteiger partial charge in [-0.15, -0.1) is 13.2 Å². The van der Waals surface area contributed by atoms with Gasteiger partial charge in [0.05, 0.1) is 30.1 Å². The molecule has 4 rings (SSSR count). The zero-order valence-corrected chi connectivity index (χ0v) is 22.8. The lowest BCUT2D eigenvalue weighted by atomic mass is 9.66. The van der Waals surface area contributed by atoms with Gasteiger partial charge in [-0.05, 0) is 45.2 Å². The van der Waals surface area contributed by atoms with Crippen molar-refractivity contribution in [2.45, 2.75) is 69.7 Å². The number of aliphatic hydroxyl groups excluding tert-OH is 1. The average Bonchev–Trinajstić information content (AvgIpc) is 3.49. The maximum Gasteiger partial charge on any atom is 0.248 e. The van der Waals surface area contributed by atoms with Gasteiger partial charge in [-0.2, -0.15) is 0 Å². The van der Waals surface area contributed by atoms with E-state index in [-0.39, 0.29) is 30.9 Å². The number of nitrogens with zero attached hydrogens (tertiary/aromatic N) is 3. The summed E-state index contributed by atoms with van der Waals surface area (Å²) in [6, 6.07) is 7.82. The summed E-state index contributed by atoms with van der Waals surface area (Å²) in [6.45, 7) is 14.2. The molecule has 0 saturated carbocycles. The van der Waals surface area contributed by atoms with Gasteiger partial charge in [0.25, 0.3) is 0 Å². The molecule has 3 saturated heterocycles. The molecule has 8 nitrogen and oxygen atoms in total. The number of unbranched alkanes of at least 4 members (excludes halogenated alkanes) is 1. The molecule has 6 atom stereocenters. The van der Waals surface area contributed by atoms with Gasteiger partial charge in [0.2, 0.25) is 17.7 Å². The third kappa shape index (κ3) is 4.37. The molecule has 206 valence electrons. The highest BCUT2D eigenvalue weighted by atomic mass is 16.5. The molecule has 1 spiro atoms. The second kappa shape index (κ2) is 11.0. The predicted molar refractivity (Wildman–Crippen MR) is 146 cm³/mol. The first-order chi connectivity index (χ1) is 18.2. The monoisotopic (exact) mass is 523 g/mol. The van der Waals surface area contributed by atoms with E-state index in [1.54, 1.807) is 28.9 Å². The smallest absolute Gasteiger partial charge is 0.248 e. The molecule has 0 radical (unpaired) electrons. The minimum Gasteiger partial charge on any atom is -0.394 e. The number of para-hydroxylation sites is 1. The number of anilines is 1. The van der Waals surface area contributed by atoms with Crippen LogP contribution in [-0.2, 0) is 19.1 Å². The van der Waals surface area contributed by atoms with Crippen molar-refractivity contribution < 1.29 is 24.2 Å². The topological polar surface area (TPSA) is 90.4 Å². The zero-order chi connectivity index (χ0) is 27.7. The molecule has 8 heteroatoms. The molecule has 3 aliphatic heterocycles. The summed E-state index contributed by atoms with van der Waals surface area (Å²) in [5.74, 6) is -2.30. The summed E-state index contributed by atoms with van der Waals surface area (Å²) >= 11 is 0. The molecule has 3 amide bonds. The fraction of sp³-hybridized carbons (Fsp3) is 0.567. The van der Waals surface area contributed by atoms with E-state index < -0.39 is 35.1 Å². The number of likely N-dealkylation sites (tertiary alicyclic amines) is 1. The molecule has 38 heavy (non-hydrogen) atoms. The molecule has 0 aliphatic carbocycles. The van der Waals surface area contributed by atoms with E-state index in [1.807, 2.05) is 37.3 Å². The number of carbonyl (C=O) groups excluding carboxylic acids is 3. The third-order valence-electron chi connectivity index (χ3n) is 8.54. The van der Waals surface area contributed by atoms with Gasteiger partial charge < -0.3 is 24.5 Å². The van der Waals surface area contributed by atoms with Crippen LogP contribution >= 0.6 is 0 Å². The molecular weight excluding hydrogens is 482 g/mol. The Balaban J connectivity index is 1.79. The number of aliphatic hydroxyl groups is 1. The number of fused-ring (bicyclic) bond motifs is 1. The Morgan fingerprint density at radius 1 is 1.18 bits per heavy atom. The Labute approximate surface area is 225 Å². The van der Waals surface area contributed by atoms with Crippen LogP contribution in [0.5, 0.6) is 0 Å². The average molecular weight is 524 g/mol. The summed E-state index contributed by atoms with van der Waals surface area (Å²) < 4.78 is 6.74. The maximum absolute atomic E-state index is 14.3. The summed E-state index contributed by atoms with van der Waals surface area (Å²) in [7, 11) is 0. The van der Waals surface area contributed by atoms with E-state index in [1.165, 1.54) is 4.90 Å². The van der Waals surface area contributed by atoms with E-state index in [2.05, 4.69) is 20.1 Å². The molecule has 2 bridgehead atoms. The first-order valence-corrected chi connectivity index (χ1v) is 13.7. The van der Waals surface area contributed by atoms with Crippen LogP contribution in [-0.4, -0.2) is 82.2 Å². The van der Waals surface area contributed by atoms with Gasteiger partial charge in [-0.1, -0.05) is 43.7 Å². The number of amides is 3. The van der Waals surface area contributed by atoms with E-state index in [0.29, 0.717) is 31.6 Å². The Hall–Kier alpha value is -2.97. The van der Waals surface area contributed by atoms with Gasteiger partial charge in [0.15, 0.2) is 0 Å². The van der Waals surface area contributed by atoms with Crippen molar-refractivity contribution in [2.24, 2.45) is 11.8 Å². The normalized spacial score (nSPS) is 30.2.